The van der Waals surface area contributed by atoms with Crippen molar-refractivity contribution < 1.29 is 23.2 Å². The van der Waals surface area contributed by atoms with E-state index in [0.717, 1.165) is 6.42 Å². The van der Waals surface area contributed by atoms with Crippen LogP contribution in [0.2, 0.25) is 0 Å². The molecule has 3 atom stereocenters. The minimum absolute atomic E-state index is 0.105. The Hall–Kier alpha value is 0.0700. The van der Waals surface area contributed by atoms with Crippen LogP contribution in [-0.2, 0) is 18.3 Å². The van der Waals surface area contributed by atoms with Crippen molar-refractivity contribution in [1.29, 1.82) is 0 Å². The maximum atomic E-state index is 11.5. The number of phosphoric ester groups is 1. The molecule has 6 heteroatoms. The third-order valence-corrected chi connectivity index (χ3v) is 4.03. The van der Waals surface area contributed by atoms with E-state index >= 15 is 0 Å². The van der Waals surface area contributed by atoms with Crippen LogP contribution in [0.5, 0.6) is 0 Å². The molecule has 5 nitrogen and oxygen atoms in total. The van der Waals surface area contributed by atoms with Crippen LogP contribution in [0.15, 0.2) is 0 Å². The van der Waals surface area contributed by atoms with E-state index in [1.165, 1.54) is 0 Å². The minimum atomic E-state index is -3.94. The van der Waals surface area contributed by atoms with Gasteiger partial charge in [0.25, 0.3) is 0 Å². The molecule has 0 aliphatic carbocycles. The second-order valence-electron chi connectivity index (χ2n) is 5.02. The molecule has 0 aromatic rings. The van der Waals surface area contributed by atoms with E-state index in [2.05, 4.69) is 13.8 Å². The van der Waals surface area contributed by atoms with E-state index in [0.29, 0.717) is 18.4 Å². The number of ether oxygens (including phenoxy) is 1. The molecule has 0 saturated carbocycles. The van der Waals surface area contributed by atoms with E-state index in [1.54, 1.807) is 13.8 Å². The smallest absolute Gasteiger partial charge is 0.375 e. The first-order chi connectivity index (χ1) is 7.82. The Morgan fingerprint density at radius 3 is 2.59 bits per heavy atom. The summed E-state index contributed by atoms with van der Waals surface area (Å²) in [4.78, 5) is 9.43. The van der Waals surface area contributed by atoms with Gasteiger partial charge in [-0.05, 0) is 32.1 Å². The largest absolute Gasteiger partial charge is 0.472 e. The second kappa shape index (κ2) is 6.30. The Balaban J connectivity index is 2.42. The highest BCUT2D eigenvalue weighted by molar-refractivity contribution is 7.47. The third-order valence-electron chi connectivity index (χ3n) is 2.86. The fourth-order valence-corrected chi connectivity index (χ4v) is 2.99. The standard InChI is InChI=1S/C11H23O5P/c1-8(2)10-5-6-14-11(10)7-15-17(12,13)16-9(3)4/h8-11H,5-7H2,1-4H3,(H,12,13). The number of rotatable bonds is 6. The summed E-state index contributed by atoms with van der Waals surface area (Å²) < 4.78 is 26.8. The van der Waals surface area contributed by atoms with E-state index in [9.17, 15) is 9.46 Å². The van der Waals surface area contributed by atoms with Crippen LogP contribution in [-0.4, -0.2) is 30.3 Å². The zero-order valence-electron chi connectivity index (χ0n) is 11.0. The summed E-state index contributed by atoms with van der Waals surface area (Å²) in [6.07, 6.45) is 0.536. The summed E-state index contributed by atoms with van der Waals surface area (Å²) in [6.45, 7) is 8.43. The van der Waals surface area contributed by atoms with Gasteiger partial charge in [-0.15, -0.1) is 0 Å². The minimum Gasteiger partial charge on any atom is -0.375 e. The van der Waals surface area contributed by atoms with E-state index in [-0.39, 0.29) is 18.8 Å². The Morgan fingerprint density at radius 1 is 1.41 bits per heavy atom. The normalized spacial score (nSPS) is 28.9. The van der Waals surface area contributed by atoms with Crippen molar-refractivity contribution in [3.8, 4) is 0 Å². The van der Waals surface area contributed by atoms with Crippen molar-refractivity contribution in [3.63, 3.8) is 0 Å². The Kier molecular flexibility index (Phi) is 5.61. The summed E-state index contributed by atoms with van der Waals surface area (Å²) in [5, 5.41) is 0. The lowest BCUT2D eigenvalue weighted by atomic mass is 9.90. The van der Waals surface area contributed by atoms with Crippen molar-refractivity contribution in [2.75, 3.05) is 13.2 Å². The average molecular weight is 266 g/mol. The summed E-state index contributed by atoms with van der Waals surface area (Å²) in [6, 6.07) is 0. The highest BCUT2D eigenvalue weighted by Gasteiger charge is 2.33. The van der Waals surface area contributed by atoms with Gasteiger partial charge in [-0.2, -0.15) is 0 Å². The molecule has 3 unspecified atom stereocenters. The van der Waals surface area contributed by atoms with Gasteiger partial charge >= 0.3 is 7.82 Å². The van der Waals surface area contributed by atoms with Crippen LogP contribution >= 0.6 is 7.82 Å². The predicted molar refractivity (Wildman–Crippen MR) is 64.7 cm³/mol. The van der Waals surface area contributed by atoms with Crippen molar-refractivity contribution in [1.82, 2.24) is 0 Å². The molecule has 1 aliphatic rings. The van der Waals surface area contributed by atoms with Crippen LogP contribution in [0.1, 0.15) is 34.1 Å². The quantitative estimate of drug-likeness (QED) is 0.748. The van der Waals surface area contributed by atoms with Crippen LogP contribution in [0.3, 0.4) is 0 Å². The van der Waals surface area contributed by atoms with Gasteiger partial charge in [0.1, 0.15) is 0 Å². The summed E-state index contributed by atoms with van der Waals surface area (Å²) in [5.74, 6) is 0.865. The van der Waals surface area contributed by atoms with Crippen LogP contribution in [0.4, 0.5) is 0 Å². The number of hydrogen-bond donors (Lipinski definition) is 1. The molecule has 0 aromatic carbocycles. The fraction of sp³-hybridized carbons (Fsp3) is 1.00. The first-order valence-corrected chi connectivity index (χ1v) is 7.58. The highest BCUT2D eigenvalue weighted by atomic mass is 31.2. The first-order valence-electron chi connectivity index (χ1n) is 6.09. The lowest BCUT2D eigenvalue weighted by molar-refractivity contribution is 0.0201. The molecule has 1 N–H and O–H groups in total. The first kappa shape index (κ1) is 15.1. The fourth-order valence-electron chi connectivity index (χ4n) is 2.06. The van der Waals surface area contributed by atoms with Crippen LogP contribution in [0, 0.1) is 11.8 Å². The van der Waals surface area contributed by atoms with Gasteiger partial charge in [0.05, 0.1) is 18.8 Å². The molecule has 0 amide bonds. The maximum Gasteiger partial charge on any atom is 0.472 e. The van der Waals surface area contributed by atoms with E-state index < -0.39 is 7.82 Å². The Bertz CT molecular complexity index is 279. The van der Waals surface area contributed by atoms with Crippen LogP contribution in [0.25, 0.3) is 0 Å². The molecule has 0 radical (unpaired) electrons. The van der Waals surface area contributed by atoms with Gasteiger partial charge in [0.15, 0.2) is 0 Å². The molecule has 0 bridgehead atoms. The second-order valence-corrected chi connectivity index (χ2v) is 6.43. The summed E-state index contributed by atoms with van der Waals surface area (Å²) in [5.41, 5.74) is 0. The lowest BCUT2D eigenvalue weighted by Gasteiger charge is -2.23. The molecule has 1 fully saturated rings. The molecule has 17 heavy (non-hydrogen) atoms. The van der Waals surface area contributed by atoms with Gasteiger partial charge < -0.3 is 9.63 Å². The average Bonchev–Trinajstić information content (AvgIpc) is 2.60. The summed E-state index contributed by atoms with van der Waals surface area (Å²) in [7, 11) is -3.94. The third kappa shape index (κ3) is 5.06. The Labute approximate surface area is 103 Å². The topological polar surface area (TPSA) is 65.0 Å². The monoisotopic (exact) mass is 266 g/mol. The van der Waals surface area contributed by atoms with Gasteiger partial charge in [0.2, 0.25) is 0 Å². The van der Waals surface area contributed by atoms with Crippen molar-refractivity contribution in [3.05, 3.63) is 0 Å². The maximum absolute atomic E-state index is 11.5. The van der Waals surface area contributed by atoms with Crippen molar-refractivity contribution in [2.24, 2.45) is 11.8 Å². The molecular weight excluding hydrogens is 243 g/mol. The molecule has 0 spiro atoms. The van der Waals surface area contributed by atoms with Gasteiger partial charge in [-0.3, -0.25) is 9.05 Å². The van der Waals surface area contributed by atoms with Crippen molar-refractivity contribution >= 4 is 7.82 Å². The number of hydrogen-bond acceptors (Lipinski definition) is 4. The molecule has 1 heterocycles. The predicted octanol–water partition coefficient (Wildman–Crippen LogP) is 2.59. The molecule has 102 valence electrons. The lowest BCUT2D eigenvalue weighted by Crippen LogP contribution is -2.25. The SMILES string of the molecule is CC(C)OP(=O)(O)OCC1OCCC1C(C)C. The number of phosphoric acid groups is 1. The summed E-state index contributed by atoms with van der Waals surface area (Å²) >= 11 is 0. The van der Waals surface area contributed by atoms with E-state index in [4.69, 9.17) is 13.8 Å². The van der Waals surface area contributed by atoms with Gasteiger partial charge in [-0.1, -0.05) is 13.8 Å². The molecule has 1 aliphatic heterocycles. The molecule has 1 saturated heterocycles. The van der Waals surface area contributed by atoms with Crippen molar-refractivity contribution in [2.45, 2.75) is 46.3 Å². The van der Waals surface area contributed by atoms with Crippen LogP contribution < -0.4 is 0 Å². The van der Waals surface area contributed by atoms with Gasteiger partial charge in [0, 0.05) is 6.61 Å². The zero-order chi connectivity index (χ0) is 13.1. The van der Waals surface area contributed by atoms with E-state index in [1.807, 2.05) is 0 Å². The molecule has 1 rings (SSSR count). The highest BCUT2D eigenvalue weighted by Crippen LogP contribution is 2.45. The Morgan fingerprint density at radius 2 is 2.06 bits per heavy atom. The molecular formula is C11H23O5P. The van der Waals surface area contributed by atoms with Gasteiger partial charge in [-0.25, -0.2) is 4.57 Å². The molecule has 0 aromatic heterocycles. The zero-order valence-corrected chi connectivity index (χ0v) is 11.9.